The van der Waals surface area contributed by atoms with Crippen molar-refractivity contribution in [2.24, 2.45) is 0 Å². The van der Waals surface area contributed by atoms with Gasteiger partial charge in [0, 0.05) is 17.4 Å². The molecule has 3 rings (SSSR count). The molecule has 1 aromatic heterocycles. The molecule has 0 bridgehead atoms. The summed E-state index contributed by atoms with van der Waals surface area (Å²) in [4.78, 5) is 19.1. The van der Waals surface area contributed by atoms with E-state index in [1.807, 2.05) is 43.0 Å². The van der Waals surface area contributed by atoms with Gasteiger partial charge in [-0.25, -0.2) is 4.98 Å². The van der Waals surface area contributed by atoms with E-state index >= 15 is 0 Å². The molecule has 0 radical (unpaired) electrons. The number of rotatable bonds is 3. The number of aromatic nitrogens is 1. The average molecular weight is 337 g/mol. The lowest BCUT2D eigenvalue weighted by atomic mass is 10.1. The van der Waals surface area contributed by atoms with Crippen LogP contribution in [0.4, 0.5) is 5.69 Å². The molecule has 1 aromatic carbocycles. The van der Waals surface area contributed by atoms with Gasteiger partial charge >= 0.3 is 0 Å². The van der Waals surface area contributed by atoms with Crippen molar-refractivity contribution in [1.29, 1.82) is 5.26 Å². The zero-order valence-corrected chi connectivity index (χ0v) is 14.9. The maximum Gasteiger partial charge on any atom is 0.237 e. The van der Waals surface area contributed by atoms with Crippen molar-refractivity contribution in [1.82, 2.24) is 4.98 Å². The van der Waals surface area contributed by atoms with Crippen LogP contribution in [0.25, 0.3) is 0 Å². The van der Waals surface area contributed by atoms with Gasteiger partial charge in [-0.15, -0.1) is 0 Å². The molecular weight excluding hydrogens is 318 g/mol. The summed E-state index contributed by atoms with van der Waals surface area (Å²) in [6, 6.07) is 12.3. The SMILES string of the molecule is Cc1cc(C)c(C#N)c(SCC(=O)N2c3ccccc3CC2C)n1. The number of nitrogens with zero attached hydrogens (tertiary/aromatic N) is 3. The highest BCUT2D eigenvalue weighted by Crippen LogP contribution is 2.33. The van der Waals surface area contributed by atoms with E-state index in [0.29, 0.717) is 10.6 Å². The topological polar surface area (TPSA) is 57.0 Å². The van der Waals surface area contributed by atoms with Gasteiger partial charge in [0.2, 0.25) is 5.91 Å². The fraction of sp³-hybridized carbons (Fsp3) is 0.316. The number of thioether (sulfide) groups is 1. The van der Waals surface area contributed by atoms with Crippen LogP contribution in [-0.2, 0) is 11.2 Å². The number of hydrogen-bond donors (Lipinski definition) is 0. The van der Waals surface area contributed by atoms with Gasteiger partial charge in [0.15, 0.2) is 0 Å². The Morgan fingerprint density at radius 2 is 2.17 bits per heavy atom. The summed E-state index contributed by atoms with van der Waals surface area (Å²) >= 11 is 1.35. The third-order valence-corrected chi connectivity index (χ3v) is 5.19. The highest BCUT2D eigenvalue weighted by Gasteiger charge is 2.30. The van der Waals surface area contributed by atoms with Gasteiger partial charge in [0.1, 0.15) is 11.1 Å². The van der Waals surface area contributed by atoms with Gasteiger partial charge in [-0.05, 0) is 50.5 Å². The van der Waals surface area contributed by atoms with Crippen LogP contribution in [-0.4, -0.2) is 22.7 Å². The van der Waals surface area contributed by atoms with Crippen molar-refractivity contribution >= 4 is 23.4 Å². The van der Waals surface area contributed by atoms with Crippen LogP contribution >= 0.6 is 11.8 Å². The van der Waals surface area contributed by atoms with Crippen LogP contribution in [0.15, 0.2) is 35.4 Å². The van der Waals surface area contributed by atoms with E-state index in [2.05, 4.69) is 24.0 Å². The van der Waals surface area contributed by atoms with Crippen molar-refractivity contribution in [3.05, 3.63) is 52.7 Å². The Morgan fingerprint density at radius 1 is 1.42 bits per heavy atom. The zero-order valence-electron chi connectivity index (χ0n) is 14.0. The number of benzene rings is 1. The van der Waals surface area contributed by atoms with Crippen LogP contribution in [0.1, 0.15) is 29.3 Å². The second-order valence-corrected chi connectivity index (χ2v) is 7.07. The third-order valence-electron chi connectivity index (χ3n) is 4.23. The number of amides is 1. The van der Waals surface area contributed by atoms with Crippen molar-refractivity contribution in [3.63, 3.8) is 0 Å². The first-order chi connectivity index (χ1) is 11.5. The quantitative estimate of drug-likeness (QED) is 0.802. The molecule has 2 aromatic rings. The van der Waals surface area contributed by atoms with Crippen LogP contribution in [0.5, 0.6) is 0 Å². The summed E-state index contributed by atoms with van der Waals surface area (Å²) in [5.41, 5.74) is 4.55. The number of fused-ring (bicyclic) bond motifs is 1. The molecule has 0 aliphatic carbocycles. The number of carbonyl (C=O) groups is 1. The smallest absolute Gasteiger partial charge is 0.237 e. The lowest BCUT2D eigenvalue weighted by Gasteiger charge is -2.22. The highest BCUT2D eigenvalue weighted by molar-refractivity contribution is 8.00. The molecule has 122 valence electrons. The number of nitriles is 1. The summed E-state index contributed by atoms with van der Waals surface area (Å²) < 4.78 is 0. The fourth-order valence-electron chi connectivity index (χ4n) is 3.19. The first-order valence-corrected chi connectivity index (χ1v) is 8.91. The van der Waals surface area contributed by atoms with Gasteiger partial charge in [-0.3, -0.25) is 4.79 Å². The van der Waals surface area contributed by atoms with E-state index in [1.54, 1.807) is 0 Å². The Kier molecular flexibility index (Phi) is 4.59. The summed E-state index contributed by atoms with van der Waals surface area (Å²) in [7, 11) is 0. The predicted octanol–water partition coefficient (Wildman–Crippen LogP) is 3.64. The fourth-order valence-corrected chi connectivity index (χ4v) is 4.15. The molecule has 4 nitrogen and oxygen atoms in total. The Labute approximate surface area is 146 Å². The van der Waals surface area contributed by atoms with Gasteiger partial charge in [0.25, 0.3) is 0 Å². The van der Waals surface area contributed by atoms with E-state index in [-0.39, 0.29) is 17.7 Å². The molecule has 2 heterocycles. The van der Waals surface area contributed by atoms with Crippen molar-refractivity contribution in [2.75, 3.05) is 10.7 Å². The molecule has 0 fully saturated rings. The number of pyridine rings is 1. The molecule has 1 amide bonds. The third kappa shape index (κ3) is 3.02. The normalized spacial score (nSPS) is 15.9. The number of carbonyl (C=O) groups excluding carboxylic acids is 1. The standard InChI is InChI=1S/C19H19N3OS/c1-12-8-13(2)21-19(16(12)10-20)24-11-18(23)22-14(3)9-15-6-4-5-7-17(15)22/h4-8,14H,9,11H2,1-3H3. The molecule has 1 aliphatic rings. The minimum absolute atomic E-state index is 0.0577. The molecule has 1 unspecified atom stereocenters. The molecular formula is C19H19N3OS. The first kappa shape index (κ1) is 16.5. The lowest BCUT2D eigenvalue weighted by molar-refractivity contribution is -0.116. The summed E-state index contributed by atoms with van der Waals surface area (Å²) in [5, 5.41) is 9.98. The van der Waals surface area contributed by atoms with E-state index < -0.39 is 0 Å². The number of anilines is 1. The molecule has 0 spiro atoms. The second kappa shape index (κ2) is 6.66. The molecule has 1 atom stereocenters. The van der Waals surface area contributed by atoms with Gasteiger partial charge in [0.05, 0.1) is 11.3 Å². The highest BCUT2D eigenvalue weighted by atomic mass is 32.2. The van der Waals surface area contributed by atoms with Crippen molar-refractivity contribution in [2.45, 2.75) is 38.3 Å². The Balaban J connectivity index is 1.79. The minimum Gasteiger partial charge on any atom is -0.308 e. The maximum atomic E-state index is 12.8. The average Bonchev–Trinajstić information content (AvgIpc) is 2.88. The number of para-hydroxylation sites is 1. The molecule has 5 heteroatoms. The summed E-state index contributed by atoms with van der Waals surface area (Å²) in [6.07, 6.45) is 0.887. The van der Waals surface area contributed by atoms with Gasteiger partial charge in [-0.1, -0.05) is 30.0 Å². The van der Waals surface area contributed by atoms with Crippen LogP contribution < -0.4 is 4.90 Å². The second-order valence-electron chi connectivity index (χ2n) is 6.11. The van der Waals surface area contributed by atoms with E-state index in [0.717, 1.165) is 23.4 Å². The minimum atomic E-state index is 0.0577. The Hall–Kier alpha value is -2.32. The first-order valence-electron chi connectivity index (χ1n) is 7.92. The summed E-state index contributed by atoms with van der Waals surface area (Å²) in [5.74, 6) is 0.339. The number of hydrogen-bond acceptors (Lipinski definition) is 4. The Morgan fingerprint density at radius 3 is 2.92 bits per heavy atom. The Bertz CT molecular complexity index is 841. The summed E-state index contributed by atoms with van der Waals surface area (Å²) in [6.45, 7) is 5.87. The molecule has 0 saturated carbocycles. The van der Waals surface area contributed by atoms with Gasteiger partial charge in [-0.2, -0.15) is 5.26 Å². The largest absolute Gasteiger partial charge is 0.308 e. The predicted molar refractivity (Wildman–Crippen MR) is 96.2 cm³/mol. The van der Waals surface area contributed by atoms with Gasteiger partial charge < -0.3 is 4.90 Å². The maximum absolute atomic E-state index is 12.8. The lowest BCUT2D eigenvalue weighted by Crippen LogP contribution is -2.37. The van der Waals surface area contributed by atoms with E-state index in [4.69, 9.17) is 0 Å². The van der Waals surface area contributed by atoms with Crippen LogP contribution in [0.3, 0.4) is 0 Å². The van der Waals surface area contributed by atoms with Crippen molar-refractivity contribution < 1.29 is 4.79 Å². The van der Waals surface area contributed by atoms with Crippen LogP contribution in [0.2, 0.25) is 0 Å². The molecule has 1 aliphatic heterocycles. The monoisotopic (exact) mass is 337 g/mol. The molecule has 0 saturated heterocycles. The molecule has 24 heavy (non-hydrogen) atoms. The molecule has 0 N–H and O–H groups in total. The van der Waals surface area contributed by atoms with Crippen molar-refractivity contribution in [3.8, 4) is 6.07 Å². The zero-order chi connectivity index (χ0) is 17.3. The number of aryl methyl sites for hydroxylation is 2. The van der Waals surface area contributed by atoms with E-state index in [1.165, 1.54) is 17.3 Å². The van der Waals surface area contributed by atoms with Crippen LogP contribution in [0, 0.1) is 25.2 Å². The van der Waals surface area contributed by atoms with E-state index in [9.17, 15) is 10.1 Å².